The summed E-state index contributed by atoms with van der Waals surface area (Å²) in [5, 5.41) is 4.27. The minimum atomic E-state index is -3.84. The number of rotatable bonds is 10. The molecule has 4 rings (SSSR count). The van der Waals surface area contributed by atoms with Crippen LogP contribution in [0.5, 0.6) is 0 Å². The molecule has 0 spiro atoms. The Morgan fingerprint density at radius 1 is 0.846 bits per heavy atom. The summed E-state index contributed by atoms with van der Waals surface area (Å²) < 4.78 is 27.3. The van der Waals surface area contributed by atoms with Crippen LogP contribution in [0, 0.1) is 6.92 Å². The van der Waals surface area contributed by atoms with E-state index in [4.69, 9.17) is 0 Å². The molecule has 7 nitrogen and oxygen atoms in total. The molecule has 0 aliphatic carbocycles. The summed E-state index contributed by atoms with van der Waals surface area (Å²) in [7, 11) is -2.31. The molecule has 8 heteroatoms. The van der Waals surface area contributed by atoms with E-state index in [9.17, 15) is 18.0 Å². The van der Waals surface area contributed by atoms with Crippen LogP contribution >= 0.6 is 0 Å². The van der Waals surface area contributed by atoms with Crippen molar-refractivity contribution in [3.8, 4) is 0 Å². The van der Waals surface area contributed by atoms with Gasteiger partial charge in [-0.15, -0.1) is 0 Å². The number of amides is 2. The molecule has 0 saturated heterocycles. The van der Waals surface area contributed by atoms with Crippen molar-refractivity contribution < 1.29 is 18.0 Å². The molecular formula is C31H33N3O4S. The Morgan fingerprint density at radius 3 is 2.18 bits per heavy atom. The number of sulfonamides is 1. The van der Waals surface area contributed by atoms with E-state index in [1.807, 2.05) is 91.9 Å². The number of anilines is 1. The first-order valence-corrected chi connectivity index (χ1v) is 14.6. The van der Waals surface area contributed by atoms with Crippen molar-refractivity contribution in [1.82, 2.24) is 10.2 Å². The quantitative estimate of drug-likeness (QED) is 0.323. The van der Waals surface area contributed by atoms with Crippen LogP contribution in [-0.2, 0) is 32.6 Å². The first kappa shape index (κ1) is 27.9. The molecule has 0 aromatic heterocycles. The molecule has 0 heterocycles. The maximum Gasteiger partial charge on any atom is 0.244 e. The topological polar surface area (TPSA) is 86.8 Å². The second kappa shape index (κ2) is 12.1. The number of nitrogens with zero attached hydrogens (tertiary/aromatic N) is 2. The molecular weight excluding hydrogens is 510 g/mol. The Morgan fingerprint density at radius 2 is 1.49 bits per heavy atom. The van der Waals surface area contributed by atoms with Crippen LogP contribution in [0.25, 0.3) is 10.8 Å². The molecule has 0 unspecified atom stereocenters. The molecule has 39 heavy (non-hydrogen) atoms. The van der Waals surface area contributed by atoms with Crippen molar-refractivity contribution in [1.29, 1.82) is 0 Å². The summed E-state index contributed by atoms with van der Waals surface area (Å²) in [5.41, 5.74) is 3.18. The number of carbonyl (C=O) groups excluding carboxylic acids is 2. The number of fused-ring (bicyclic) bond motifs is 1. The number of hydrogen-bond donors (Lipinski definition) is 1. The Bertz CT molecular complexity index is 1570. The van der Waals surface area contributed by atoms with E-state index in [1.54, 1.807) is 12.1 Å². The average Bonchev–Trinajstić information content (AvgIpc) is 2.93. The summed E-state index contributed by atoms with van der Waals surface area (Å²) in [6, 6.07) is 29.1. The normalized spacial score (nSPS) is 12.1. The van der Waals surface area contributed by atoms with Crippen molar-refractivity contribution in [2.45, 2.75) is 25.9 Å². The molecule has 4 aromatic rings. The lowest BCUT2D eigenvalue weighted by Gasteiger charge is -2.33. The number of nitrogens with one attached hydrogen (secondary N) is 1. The van der Waals surface area contributed by atoms with Gasteiger partial charge in [-0.25, -0.2) is 8.42 Å². The summed E-state index contributed by atoms with van der Waals surface area (Å²) in [5.74, 6) is -0.796. The van der Waals surface area contributed by atoms with Gasteiger partial charge in [-0.2, -0.15) is 0 Å². The van der Waals surface area contributed by atoms with Gasteiger partial charge in [-0.05, 0) is 29.5 Å². The summed E-state index contributed by atoms with van der Waals surface area (Å²) in [6.07, 6.45) is 1.37. The zero-order valence-electron chi connectivity index (χ0n) is 22.4. The van der Waals surface area contributed by atoms with Gasteiger partial charge in [0.05, 0.1) is 11.9 Å². The molecule has 1 atom stereocenters. The number of hydrogen-bond acceptors (Lipinski definition) is 4. The highest BCUT2D eigenvalue weighted by Crippen LogP contribution is 2.29. The van der Waals surface area contributed by atoms with Crippen LogP contribution in [0.2, 0.25) is 0 Å². The van der Waals surface area contributed by atoms with E-state index in [2.05, 4.69) is 5.32 Å². The lowest BCUT2D eigenvalue weighted by atomic mass is 10.0. The summed E-state index contributed by atoms with van der Waals surface area (Å²) in [6.45, 7) is 1.67. The second-order valence-electron chi connectivity index (χ2n) is 9.60. The third kappa shape index (κ3) is 6.83. The summed E-state index contributed by atoms with van der Waals surface area (Å²) >= 11 is 0. The van der Waals surface area contributed by atoms with E-state index in [-0.39, 0.29) is 18.9 Å². The molecule has 202 valence electrons. The first-order chi connectivity index (χ1) is 18.7. The van der Waals surface area contributed by atoms with E-state index in [0.29, 0.717) is 5.69 Å². The van der Waals surface area contributed by atoms with Crippen molar-refractivity contribution in [2.75, 3.05) is 24.2 Å². The van der Waals surface area contributed by atoms with Crippen molar-refractivity contribution >= 4 is 38.3 Å². The number of aryl methyl sites for hydroxylation is 1. The smallest absolute Gasteiger partial charge is 0.244 e. The second-order valence-corrected chi connectivity index (χ2v) is 11.5. The third-order valence-corrected chi connectivity index (χ3v) is 7.79. The largest absolute Gasteiger partial charge is 0.357 e. The molecule has 0 radical (unpaired) electrons. The van der Waals surface area contributed by atoms with Crippen LogP contribution in [-0.4, -0.2) is 51.0 Å². The van der Waals surface area contributed by atoms with E-state index < -0.39 is 28.5 Å². The predicted molar refractivity (Wildman–Crippen MR) is 156 cm³/mol. The van der Waals surface area contributed by atoms with Gasteiger partial charge in [-0.3, -0.25) is 13.9 Å². The molecule has 4 aromatic carbocycles. The van der Waals surface area contributed by atoms with Crippen LogP contribution < -0.4 is 9.62 Å². The highest BCUT2D eigenvalue weighted by molar-refractivity contribution is 7.92. The van der Waals surface area contributed by atoms with E-state index in [1.165, 1.54) is 11.9 Å². The SMILES string of the molecule is CNC(=O)[C@@H](Cc1ccccc1)N(Cc1cccc(C)c1)C(=O)CN(c1cccc2ccccc12)S(C)(=O)=O. The van der Waals surface area contributed by atoms with Crippen molar-refractivity contribution in [2.24, 2.45) is 0 Å². The molecule has 0 bridgehead atoms. The lowest BCUT2D eigenvalue weighted by molar-refractivity contribution is -0.139. The van der Waals surface area contributed by atoms with E-state index in [0.717, 1.165) is 38.0 Å². The van der Waals surface area contributed by atoms with Gasteiger partial charge in [-0.1, -0.05) is 96.6 Å². The zero-order valence-corrected chi connectivity index (χ0v) is 23.2. The van der Waals surface area contributed by atoms with Gasteiger partial charge in [0.2, 0.25) is 21.8 Å². The molecule has 2 amide bonds. The van der Waals surface area contributed by atoms with Crippen LogP contribution in [0.1, 0.15) is 16.7 Å². The van der Waals surface area contributed by atoms with Crippen LogP contribution in [0.3, 0.4) is 0 Å². The van der Waals surface area contributed by atoms with Gasteiger partial charge in [0, 0.05) is 25.4 Å². The Balaban J connectivity index is 1.77. The Hall–Kier alpha value is -4.17. The van der Waals surface area contributed by atoms with Gasteiger partial charge in [0.25, 0.3) is 0 Å². The molecule has 0 aliphatic heterocycles. The molecule has 1 N–H and O–H groups in total. The first-order valence-electron chi connectivity index (χ1n) is 12.7. The van der Waals surface area contributed by atoms with E-state index >= 15 is 0 Å². The maximum absolute atomic E-state index is 14.1. The Kier molecular flexibility index (Phi) is 8.66. The van der Waals surface area contributed by atoms with Crippen molar-refractivity contribution in [3.05, 3.63) is 114 Å². The highest BCUT2D eigenvalue weighted by atomic mass is 32.2. The minimum Gasteiger partial charge on any atom is -0.357 e. The van der Waals surface area contributed by atoms with Crippen molar-refractivity contribution in [3.63, 3.8) is 0 Å². The summed E-state index contributed by atoms with van der Waals surface area (Å²) in [4.78, 5) is 28.8. The maximum atomic E-state index is 14.1. The highest BCUT2D eigenvalue weighted by Gasteiger charge is 2.33. The van der Waals surface area contributed by atoms with Gasteiger partial charge >= 0.3 is 0 Å². The predicted octanol–water partition coefficient (Wildman–Crippen LogP) is 4.30. The molecule has 0 fully saturated rings. The number of benzene rings is 4. The molecule has 0 saturated carbocycles. The standard InChI is InChI=1S/C31H33N3O4S/c1-23-11-9-14-25(19-23)21-33(29(31(36)32-2)20-24-12-5-4-6-13-24)30(35)22-34(39(3,37)38)28-18-10-16-26-15-7-8-17-27(26)28/h4-19,29H,20-22H2,1-3H3,(H,32,36)/t29-/m1/s1. The monoisotopic (exact) mass is 543 g/mol. The van der Waals surface area contributed by atoms with Gasteiger partial charge in [0.15, 0.2) is 0 Å². The lowest BCUT2D eigenvalue weighted by Crippen LogP contribution is -2.52. The fraction of sp³-hybridized carbons (Fsp3) is 0.226. The third-order valence-electron chi connectivity index (χ3n) is 6.67. The zero-order chi connectivity index (χ0) is 28.0. The fourth-order valence-corrected chi connectivity index (χ4v) is 5.61. The molecule has 0 aliphatic rings. The van der Waals surface area contributed by atoms with Gasteiger partial charge < -0.3 is 10.2 Å². The van der Waals surface area contributed by atoms with Gasteiger partial charge in [0.1, 0.15) is 12.6 Å². The number of likely N-dealkylation sites (N-methyl/N-ethyl adjacent to an activating group) is 1. The van der Waals surface area contributed by atoms with Crippen LogP contribution in [0.4, 0.5) is 5.69 Å². The number of carbonyl (C=O) groups is 2. The fourth-order valence-electron chi connectivity index (χ4n) is 4.75. The average molecular weight is 544 g/mol. The van der Waals surface area contributed by atoms with Crippen LogP contribution in [0.15, 0.2) is 97.1 Å². The Labute approximate surface area is 230 Å². The minimum absolute atomic E-state index is 0.151.